The first kappa shape index (κ1) is 12.3. The van der Waals surface area contributed by atoms with Crippen LogP contribution in [0.15, 0.2) is 48.8 Å². The average Bonchev–Trinajstić information content (AvgIpc) is 2.42. The van der Waals surface area contributed by atoms with Crippen molar-refractivity contribution in [2.45, 2.75) is 19.5 Å². The molecule has 2 rings (SSSR count). The second kappa shape index (κ2) is 5.95. The highest BCUT2D eigenvalue weighted by molar-refractivity contribution is 5.27. The van der Waals surface area contributed by atoms with Crippen LogP contribution in [0.2, 0.25) is 0 Å². The van der Waals surface area contributed by atoms with E-state index in [9.17, 15) is 5.26 Å². The molecule has 3 heteroatoms. The number of nitrogens with zero attached hydrogens (tertiary/aromatic N) is 2. The molecule has 1 N–H and O–H groups in total. The van der Waals surface area contributed by atoms with E-state index in [4.69, 9.17) is 0 Å². The summed E-state index contributed by atoms with van der Waals surface area (Å²) in [5, 5.41) is 12.4. The zero-order valence-electron chi connectivity index (χ0n) is 10.3. The van der Waals surface area contributed by atoms with E-state index in [1.165, 1.54) is 5.56 Å². The molecule has 0 fully saturated rings. The van der Waals surface area contributed by atoms with Gasteiger partial charge in [0, 0.05) is 18.9 Å². The Hall–Kier alpha value is -2.18. The van der Waals surface area contributed by atoms with Gasteiger partial charge in [0.05, 0.1) is 6.07 Å². The molecule has 1 heterocycles. The Kier molecular flexibility index (Phi) is 4.06. The Morgan fingerprint density at radius 2 is 1.83 bits per heavy atom. The molecule has 1 aromatic carbocycles. The quantitative estimate of drug-likeness (QED) is 0.889. The number of rotatable bonds is 4. The summed E-state index contributed by atoms with van der Waals surface area (Å²) < 4.78 is 0. The Morgan fingerprint density at radius 1 is 1.17 bits per heavy atom. The molecule has 2 aromatic rings. The second-order valence-electron chi connectivity index (χ2n) is 4.21. The number of hydrogen-bond donors (Lipinski definition) is 1. The van der Waals surface area contributed by atoms with E-state index in [-0.39, 0.29) is 6.04 Å². The Labute approximate surface area is 107 Å². The van der Waals surface area contributed by atoms with Gasteiger partial charge in [0.2, 0.25) is 0 Å². The first-order valence-electron chi connectivity index (χ1n) is 5.88. The molecule has 1 unspecified atom stereocenters. The van der Waals surface area contributed by atoms with Gasteiger partial charge < -0.3 is 0 Å². The third-order valence-electron chi connectivity index (χ3n) is 2.80. The van der Waals surface area contributed by atoms with Crippen LogP contribution >= 0.6 is 0 Å². The normalized spacial score (nSPS) is 11.8. The Morgan fingerprint density at radius 3 is 2.44 bits per heavy atom. The summed E-state index contributed by atoms with van der Waals surface area (Å²) in [7, 11) is 0. The van der Waals surface area contributed by atoms with Crippen molar-refractivity contribution in [1.29, 1.82) is 5.26 Å². The average molecular weight is 237 g/mol. The summed E-state index contributed by atoms with van der Waals surface area (Å²) in [5.41, 5.74) is 3.32. The largest absolute Gasteiger partial charge is 0.294 e. The maximum absolute atomic E-state index is 9.20. The lowest BCUT2D eigenvalue weighted by atomic mass is 10.1. The van der Waals surface area contributed by atoms with E-state index in [0.29, 0.717) is 6.54 Å². The highest BCUT2D eigenvalue weighted by Crippen LogP contribution is 2.13. The van der Waals surface area contributed by atoms with Gasteiger partial charge in [-0.15, -0.1) is 0 Å². The van der Waals surface area contributed by atoms with Crippen LogP contribution in [0, 0.1) is 18.3 Å². The minimum absolute atomic E-state index is 0.279. The van der Waals surface area contributed by atoms with Crippen molar-refractivity contribution in [1.82, 2.24) is 10.3 Å². The van der Waals surface area contributed by atoms with E-state index >= 15 is 0 Å². The van der Waals surface area contributed by atoms with Crippen molar-refractivity contribution in [3.63, 3.8) is 0 Å². The van der Waals surface area contributed by atoms with E-state index < -0.39 is 0 Å². The molecular formula is C15H15N3. The van der Waals surface area contributed by atoms with Gasteiger partial charge in [0.15, 0.2) is 0 Å². The van der Waals surface area contributed by atoms with Crippen LogP contribution in [0.4, 0.5) is 0 Å². The van der Waals surface area contributed by atoms with Crippen molar-refractivity contribution in [3.05, 3.63) is 65.5 Å². The van der Waals surface area contributed by atoms with Gasteiger partial charge in [-0.3, -0.25) is 10.3 Å². The fraction of sp³-hybridized carbons (Fsp3) is 0.200. The van der Waals surface area contributed by atoms with Crippen molar-refractivity contribution in [2.24, 2.45) is 0 Å². The van der Waals surface area contributed by atoms with Crippen molar-refractivity contribution in [2.75, 3.05) is 0 Å². The van der Waals surface area contributed by atoms with Crippen molar-refractivity contribution >= 4 is 0 Å². The minimum Gasteiger partial charge on any atom is -0.294 e. The third-order valence-corrected chi connectivity index (χ3v) is 2.80. The van der Waals surface area contributed by atoms with Gasteiger partial charge in [-0.05, 0) is 30.2 Å². The van der Waals surface area contributed by atoms with Crippen LogP contribution in [0.25, 0.3) is 0 Å². The molecule has 0 aliphatic carbocycles. The van der Waals surface area contributed by atoms with E-state index in [2.05, 4.69) is 16.4 Å². The van der Waals surface area contributed by atoms with Gasteiger partial charge in [-0.2, -0.15) is 5.26 Å². The molecule has 0 saturated carbocycles. The predicted molar refractivity (Wildman–Crippen MR) is 70.6 cm³/mol. The summed E-state index contributed by atoms with van der Waals surface area (Å²) in [5.74, 6) is 0. The van der Waals surface area contributed by atoms with Crippen LogP contribution in [0.5, 0.6) is 0 Å². The number of aromatic nitrogens is 1. The summed E-state index contributed by atoms with van der Waals surface area (Å²) in [4.78, 5) is 3.97. The number of aryl methyl sites for hydroxylation is 1. The molecule has 3 nitrogen and oxygen atoms in total. The zero-order valence-corrected chi connectivity index (χ0v) is 10.3. The summed E-state index contributed by atoms with van der Waals surface area (Å²) >= 11 is 0. The van der Waals surface area contributed by atoms with Gasteiger partial charge in [0.25, 0.3) is 0 Å². The highest BCUT2D eigenvalue weighted by Gasteiger charge is 2.08. The summed E-state index contributed by atoms with van der Waals surface area (Å²) in [6, 6.07) is 13.9. The van der Waals surface area contributed by atoms with Gasteiger partial charge in [-0.1, -0.05) is 29.8 Å². The van der Waals surface area contributed by atoms with Crippen LogP contribution in [0.1, 0.15) is 22.7 Å². The molecule has 0 saturated heterocycles. The number of benzene rings is 1. The first-order chi connectivity index (χ1) is 8.79. The standard InChI is InChI=1S/C15H15N3/c1-12-2-4-14(5-3-12)15(10-16)18-11-13-6-8-17-9-7-13/h2-9,15,18H,11H2,1H3. The molecule has 18 heavy (non-hydrogen) atoms. The third kappa shape index (κ3) is 3.16. The Balaban J connectivity index is 2.02. The van der Waals surface area contributed by atoms with E-state index in [1.807, 2.05) is 43.3 Å². The summed E-state index contributed by atoms with van der Waals surface area (Å²) in [6.07, 6.45) is 3.51. The molecular weight excluding hydrogens is 222 g/mol. The number of nitriles is 1. The van der Waals surface area contributed by atoms with Crippen LogP contribution < -0.4 is 5.32 Å². The van der Waals surface area contributed by atoms with Gasteiger partial charge >= 0.3 is 0 Å². The molecule has 0 spiro atoms. The second-order valence-corrected chi connectivity index (χ2v) is 4.21. The predicted octanol–water partition coefficient (Wildman–Crippen LogP) is 2.74. The highest BCUT2D eigenvalue weighted by atomic mass is 14.9. The monoisotopic (exact) mass is 237 g/mol. The van der Waals surface area contributed by atoms with Crippen LogP contribution in [-0.2, 0) is 6.54 Å². The van der Waals surface area contributed by atoms with Gasteiger partial charge in [-0.25, -0.2) is 0 Å². The fourth-order valence-corrected chi connectivity index (χ4v) is 1.72. The molecule has 1 aromatic heterocycles. The lowest BCUT2D eigenvalue weighted by Crippen LogP contribution is -2.19. The molecule has 1 atom stereocenters. The van der Waals surface area contributed by atoms with Crippen LogP contribution in [0.3, 0.4) is 0 Å². The lowest BCUT2D eigenvalue weighted by Gasteiger charge is -2.12. The lowest BCUT2D eigenvalue weighted by molar-refractivity contribution is 0.630. The number of hydrogen-bond acceptors (Lipinski definition) is 3. The summed E-state index contributed by atoms with van der Waals surface area (Å²) in [6.45, 7) is 2.70. The fourth-order valence-electron chi connectivity index (χ4n) is 1.72. The maximum Gasteiger partial charge on any atom is 0.121 e. The molecule has 0 amide bonds. The molecule has 0 bridgehead atoms. The zero-order chi connectivity index (χ0) is 12.8. The molecule has 0 aliphatic heterocycles. The minimum atomic E-state index is -0.279. The number of pyridine rings is 1. The van der Waals surface area contributed by atoms with Gasteiger partial charge in [0.1, 0.15) is 6.04 Å². The SMILES string of the molecule is Cc1ccc(C(C#N)NCc2ccncc2)cc1. The van der Waals surface area contributed by atoms with E-state index in [1.54, 1.807) is 12.4 Å². The maximum atomic E-state index is 9.20. The van der Waals surface area contributed by atoms with E-state index in [0.717, 1.165) is 11.1 Å². The smallest absolute Gasteiger partial charge is 0.121 e. The first-order valence-corrected chi connectivity index (χ1v) is 5.88. The van der Waals surface area contributed by atoms with Crippen molar-refractivity contribution < 1.29 is 0 Å². The topological polar surface area (TPSA) is 48.7 Å². The molecule has 0 radical (unpaired) electrons. The van der Waals surface area contributed by atoms with Crippen LogP contribution in [-0.4, -0.2) is 4.98 Å². The number of nitrogens with one attached hydrogen (secondary N) is 1. The molecule has 0 aliphatic rings. The Bertz CT molecular complexity index is 526. The van der Waals surface area contributed by atoms with Crippen molar-refractivity contribution in [3.8, 4) is 6.07 Å². The molecule has 90 valence electrons.